The van der Waals surface area contributed by atoms with Crippen LogP contribution in [-0.2, 0) is 9.53 Å². The number of halogens is 1. The molecule has 0 heterocycles. The molecule has 0 aliphatic rings. The molecule has 0 radical (unpaired) electrons. The lowest BCUT2D eigenvalue weighted by Gasteiger charge is -2.20. The maximum atomic E-state index is 11.1. The van der Waals surface area contributed by atoms with Crippen LogP contribution in [0.4, 0.5) is 0 Å². The van der Waals surface area contributed by atoms with Crippen molar-refractivity contribution in [2.24, 2.45) is 0 Å². The summed E-state index contributed by atoms with van der Waals surface area (Å²) in [6.45, 7) is 10.1. The van der Waals surface area contributed by atoms with E-state index in [9.17, 15) is 4.79 Å². The van der Waals surface area contributed by atoms with E-state index in [-0.39, 0.29) is 5.97 Å². The molecule has 0 atom stereocenters. The van der Waals surface area contributed by atoms with Gasteiger partial charge in [0.1, 0.15) is 0 Å². The van der Waals surface area contributed by atoms with Crippen molar-refractivity contribution in [3.8, 4) is 0 Å². The van der Waals surface area contributed by atoms with Gasteiger partial charge < -0.3 is 4.74 Å². The summed E-state index contributed by atoms with van der Waals surface area (Å²) in [5.74, 6) is -0.279. The molecule has 106 valence electrons. The predicted molar refractivity (Wildman–Crippen MR) is 81.6 cm³/mol. The molecule has 0 aromatic heterocycles. The van der Waals surface area contributed by atoms with Crippen molar-refractivity contribution in [1.29, 1.82) is 0 Å². The Bertz CT molecular complexity index is 263. The van der Waals surface area contributed by atoms with Gasteiger partial charge in [0.15, 0.2) is 7.38 Å². The second-order valence-corrected chi connectivity index (χ2v) is 11.6. The maximum Gasteiger partial charge on any atom is 0.333 e. The Kier molecular flexibility index (Phi) is 9.47. The molecule has 0 amide bonds. The summed E-state index contributed by atoms with van der Waals surface area (Å²) in [6, 6.07) is 3.55. The van der Waals surface area contributed by atoms with E-state index in [2.05, 4.69) is 20.4 Å². The minimum atomic E-state index is -1.42. The second kappa shape index (κ2) is 9.62. The van der Waals surface area contributed by atoms with Crippen LogP contribution in [0.5, 0.6) is 0 Å². The monoisotopic (exact) mass is 290 g/mol. The normalized spacial score (nSPS) is 11.3. The minimum Gasteiger partial charge on any atom is -0.462 e. The van der Waals surface area contributed by atoms with Gasteiger partial charge in [-0.25, -0.2) is 4.79 Å². The molecule has 0 aromatic carbocycles. The van der Waals surface area contributed by atoms with Gasteiger partial charge in [0.05, 0.1) is 6.61 Å². The lowest BCUT2D eigenvalue weighted by Crippen LogP contribution is -2.23. The largest absolute Gasteiger partial charge is 0.462 e. The molecular formula is C14H27ClO2Si. The van der Waals surface area contributed by atoms with E-state index in [4.69, 9.17) is 15.8 Å². The zero-order valence-corrected chi connectivity index (χ0v) is 13.8. The van der Waals surface area contributed by atoms with Crippen molar-refractivity contribution in [1.82, 2.24) is 0 Å². The predicted octanol–water partition coefficient (Wildman–Crippen LogP) is 4.89. The Balaban J connectivity index is 3.47. The smallest absolute Gasteiger partial charge is 0.333 e. The molecule has 0 bridgehead atoms. The molecule has 18 heavy (non-hydrogen) atoms. The van der Waals surface area contributed by atoms with Gasteiger partial charge in [0, 0.05) is 5.57 Å². The van der Waals surface area contributed by atoms with Crippen LogP contribution in [0.3, 0.4) is 0 Å². The van der Waals surface area contributed by atoms with Crippen LogP contribution < -0.4 is 0 Å². The van der Waals surface area contributed by atoms with Gasteiger partial charge in [-0.05, 0) is 31.5 Å². The zero-order chi connectivity index (χ0) is 14.0. The van der Waals surface area contributed by atoms with Gasteiger partial charge in [-0.2, -0.15) is 11.1 Å². The summed E-state index contributed by atoms with van der Waals surface area (Å²) in [4.78, 5) is 11.1. The van der Waals surface area contributed by atoms with Gasteiger partial charge in [-0.15, -0.1) is 0 Å². The molecule has 0 aromatic rings. The maximum absolute atomic E-state index is 11.1. The molecule has 0 unspecified atom stereocenters. The molecule has 0 saturated carbocycles. The van der Waals surface area contributed by atoms with Gasteiger partial charge in [-0.1, -0.05) is 39.7 Å². The van der Waals surface area contributed by atoms with Crippen LogP contribution >= 0.6 is 11.1 Å². The first kappa shape index (κ1) is 17.7. The first-order chi connectivity index (χ1) is 8.45. The third kappa shape index (κ3) is 7.93. The summed E-state index contributed by atoms with van der Waals surface area (Å²) in [7, 11) is -1.42. The van der Waals surface area contributed by atoms with Gasteiger partial charge in [0.25, 0.3) is 0 Å². The summed E-state index contributed by atoms with van der Waals surface area (Å²) in [6.07, 6.45) is 4.45. The molecular weight excluding hydrogens is 264 g/mol. The Morgan fingerprint density at radius 3 is 2.22 bits per heavy atom. The highest BCUT2D eigenvalue weighted by Crippen LogP contribution is 2.27. The van der Waals surface area contributed by atoms with Crippen LogP contribution in [0.15, 0.2) is 12.2 Å². The summed E-state index contributed by atoms with van der Waals surface area (Å²) in [5, 5.41) is 0. The summed E-state index contributed by atoms with van der Waals surface area (Å²) in [5.41, 5.74) is 0.471. The average Bonchev–Trinajstić information content (AvgIpc) is 2.36. The van der Waals surface area contributed by atoms with E-state index in [0.29, 0.717) is 12.2 Å². The second-order valence-electron chi connectivity index (χ2n) is 4.94. The Morgan fingerprint density at radius 1 is 1.17 bits per heavy atom. The van der Waals surface area contributed by atoms with Crippen LogP contribution in [0, 0.1) is 0 Å². The van der Waals surface area contributed by atoms with Crippen LogP contribution in [0.25, 0.3) is 0 Å². The van der Waals surface area contributed by atoms with Crippen molar-refractivity contribution < 1.29 is 9.53 Å². The highest BCUT2D eigenvalue weighted by molar-refractivity contribution is 7.20. The average molecular weight is 291 g/mol. The Labute approximate surface area is 117 Å². The van der Waals surface area contributed by atoms with Gasteiger partial charge in [-0.3, -0.25) is 0 Å². The molecule has 0 aliphatic heterocycles. The SMILES string of the molecule is C=C(C)C(=O)OCCCCCC[Si](Cl)(CC)CC. The number of carbonyl (C=O) groups excluding carboxylic acids is 1. The fraction of sp³-hybridized carbons (Fsp3) is 0.786. The number of esters is 1. The number of carbonyl (C=O) groups is 1. The van der Waals surface area contributed by atoms with E-state index in [0.717, 1.165) is 12.8 Å². The summed E-state index contributed by atoms with van der Waals surface area (Å²) < 4.78 is 5.04. The van der Waals surface area contributed by atoms with Gasteiger partial charge in [0.2, 0.25) is 0 Å². The molecule has 0 rings (SSSR count). The zero-order valence-electron chi connectivity index (χ0n) is 12.1. The van der Waals surface area contributed by atoms with E-state index < -0.39 is 7.38 Å². The molecule has 0 spiro atoms. The highest BCUT2D eigenvalue weighted by atomic mass is 35.6. The number of ether oxygens (including phenoxy) is 1. The molecule has 0 fully saturated rings. The van der Waals surface area contributed by atoms with Crippen molar-refractivity contribution in [2.45, 2.75) is 64.6 Å². The minimum absolute atomic E-state index is 0.279. The van der Waals surface area contributed by atoms with E-state index in [1.165, 1.54) is 31.0 Å². The van der Waals surface area contributed by atoms with E-state index >= 15 is 0 Å². The summed E-state index contributed by atoms with van der Waals surface area (Å²) >= 11 is 6.58. The van der Waals surface area contributed by atoms with Crippen LogP contribution in [0.2, 0.25) is 18.1 Å². The van der Waals surface area contributed by atoms with Crippen molar-refractivity contribution in [3.63, 3.8) is 0 Å². The number of rotatable bonds is 10. The fourth-order valence-corrected chi connectivity index (χ4v) is 4.28. The topological polar surface area (TPSA) is 26.3 Å². The quantitative estimate of drug-likeness (QED) is 0.188. The van der Waals surface area contributed by atoms with Crippen LogP contribution in [-0.4, -0.2) is 20.0 Å². The third-order valence-electron chi connectivity index (χ3n) is 3.37. The molecule has 2 nitrogen and oxygen atoms in total. The molecule has 0 N–H and O–H groups in total. The van der Waals surface area contributed by atoms with Crippen molar-refractivity contribution in [2.75, 3.05) is 6.61 Å². The molecule has 0 aliphatic carbocycles. The van der Waals surface area contributed by atoms with Crippen molar-refractivity contribution >= 4 is 24.4 Å². The Hall–Kier alpha value is -0.283. The molecule has 0 saturated heterocycles. The van der Waals surface area contributed by atoms with E-state index in [1.807, 2.05) is 0 Å². The fourth-order valence-electron chi connectivity index (χ4n) is 1.79. The standard InChI is InChI=1S/C14H27ClO2Si/c1-5-18(15,6-2)12-10-8-7-9-11-17-14(16)13(3)4/h3,5-12H2,1-2,4H3. The number of unbranched alkanes of at least 4 members (excludes halogenated alkanes) is 3. The van der Waals surface area contributed by atoms with Crippen molar-refractivity contribution in [3.05, 3.63) is 12.2 Å². The van der Waals surface area contributed by atoms with E-state index in [1.54, 1.807) is 6.92 Å². The number of hydrogen-bond acceptors (Lipinski definition) is 2. The molecule has 4 heteroatoms. The highest BCUT2D eigenvalue weighted by Gasteiger charge is 2.25. The van der Waals surface area contributed by atoms with Gasteiger partial charge >= 0.3 is 5.97 Å². The van der Waals surface area contributed by atoms with Crippen LogP contribution in [0.1, 0.15) is 46.5 Å². The lowest BCUT2D eigenvalue weighted by molar-refractivity contribution is -0.139. The first-order valence-corrected chi connectivity index (χ1v) is 10.6. The number of hydrogen-bond donors (Lipinski definition) is 0. The third-order valence-corrected chi connectivity index (χ3v) is 9.32. The first-order valence-electron chi connectivity index (χ1n) is 6.96. The lowest BCUT2D eigenvalue weighted by atomic mass is 10.2. The Morgan fingerprint density at radius 2 is 1.72 bits per heavy atom.